The number of hydrogen-bond acceptors (Lipinski definition) is 2. The molecule has 0 bridgehead atoms. The number of hydrogen-bond donors (Lipinski definition) is 0. The van der Waals surface area contributed by atoms with Crippen molar-refractivity contribution in [3.8, 4) is 5.75 Å². The number of carbonyl (C=O) groups excluding carboxylic acids is 1. The van der Waals surface area contributed by atoms with Gasteiger partial charge in [0.1, 0.15) is 5.75 Å². The molecule has 0 fully saturated rings. The van der Waals surface area contributed by atoms with E-state index >= 15 is 0 Å². The van der Waals surface area contributed by atoms with Crippen molar-refractivity contribution >= 4 is 16.8 Å². The number of carbonyl (C=O) groups is 1. The molecule has 0 heterocycles. The third-order valence-electron chi connectivity index (χ3n) is 1.31. The van der Waals surface area contributed by atoms with Gasteiger partial charge in [-0.1, -0.05) is 12.1 Å². The zero-order chi connectivity index (χ0) is 8.97. The van der Waals surface area contributed by atoms with E-state index in [1.165, 1.54) is 12.1 Å². The largest absolute Gasteiger partial charge is 0.462 e. The summed E-state index contributed by atoms with van der Waals surface area (Å²) in [5.41, 5.74) is 0.178. The molecule has 0 radical (unpaired) electrons. The maximum absolute atomic E-state index is 11.7. The molecule has 64 valence electrons. The predicted octanol–water partition coefficient (Wildman–Crippen LogP) is 2.37. The molecule has 1 aromatic carbocycles. The van der Waals surface area contributed by atoms with Crippen molar-refractivity contribution in [2.45, 2.75) is 0 Å². The summed E-state index contributed by atoms with van der Waals surface area (Å²) < 4.78 is 16.3. The summed E-state index contributed by atoms with van der Waals surface area (Å²) in [7, 11) is 0. The second-order valence-electron chi connectivity index (χ2n) is 2.02. The maximum atomic E-state index is 11.7. The zero-order valence-corrected chi connectivity index (χ0v) is 6.84. The van der Waals surface area contributed by atoms with Crippen LogP contribution in [0.2, 0.25) is 0 Å². The van der Waals surface area contributed by atoms with E-state index in [4.69, 9.17) is 11.6 Å². The molecule has 0 aliphatic rings. The first-order chi connectivity index (χ1) is 5.75. The van der Waals surface area contributed by atoms with Crippen molar-refractivity contribution in [2.24, 2.45) is 0 Å². The van der Waals surface area contributed by atoms with Crippen LogP contribution in [-0.2, 0) is 0 Å². The van der Waals surface area contributed by atoms with Crippen molar-refractivity contribution in [2.75, 3.05) is 6.86 Å². The molecular formula is C8H6ClFO2. The zero-order valence-electron chi connectivity index (χ0n) is 6.09. The minimum absolute atomic E-state index is 0.167. The highest BCUT2D eigenvalue weighted by Gasteiger charge is 2.08. The lowest BCUT2D eigenvalue weighted by molar-refractivity contribution is 0.107. The highest BCUT2D eigenvalue weighted by Crippen LogP contribution is 2.19. The number of rotatable bonds is 3. The van der Waals surface area contributed by atoms with Crippen LogP contribution < -0.4 is 4.74 Å². The Morgan fingerprint density at radius 2 is 2.17 bits per heavy atom. The number of para-hydroxylation sites is 1. The van der Waals surface area contributed by atoms with Gasteiger partial charge in [-0.15, -0.1) is 0 Å². The predicted molar refractivity (Wildman–Crippen MR) is 43.2 cm³/mol. The molecule has 0 atom stereocenters. The fourth-order valence-electron chi connectivity index (χ4n) is 0.814. The van der Waals surface area contributed by atoms with Gasteiger partial charge in [0, 0.05) is 0 Å². The monoisotopic (exact) mass is 188 g/mol. The van der Waals surface area contributed by atoms with E-state index in [1.54, 1.807) is 12.1 Å². The molecule has 1 rings (SSSR count). The Morgan fingerprint density at radius 1 is 1.50 bits per heavy atom. The van der Waals surface area contributed by atoms with E-state index in [2.05, 4.69) is 4.74 Å². The van der Waals surface area contributed by atoms with E-state index in [0.717, 1.165) is 0 Å². The second kappa shape index (κ2) is 4.07. The SMILES string of the molecule is O=C(Cl)c1ccccc1OCF. The van der Waals surface area contributed by atoms with Gasteiger partial charge in [-0.2, -0.15) is 0 Å². The standard InChI is InChI=1S/C8H6ClFO2/c9-8(11)6-3-1-2-4-7(6)12-5-10/h1-4H,5H2. The van der Waals surface area contributed by atoms with Crippen molar-refractivity contribution in [3.63, 3.8) is 0 Å². The Hall–Kier alpha value is -1.09. The maximum Gasteiger partial charge on any atom is 0.256 e. The van der Waals surface area contributed by atoms with Gasteiger partial charge in [-0.25, -0.2) is 4.39 Å². The normalized spacial score (nSPS) is 9.50. The van der Waals surface area contributed by atoms with E-state index in [-0.39, 0.29) is 11.3 Å². The molecule has 2 nitrogen and oxygen atoms in total. The Kier molecular flexibility index (Phi) is 3.05. The molecule has 4 heteroatoms. The summed E-state index contributed by atoms with van der Waals surface area (Å²) in [6.07, 6.45) is 0. The summed E-state index contributed by atoms with van der Waals surface area (Å²) >= 11 is 5.20. The highest BCUT2D eigenvalue weighted by atomic mass is 35.5. The van der Waals surface area contributed by atoms with Gasteiger partial charge in [0.05, 0.1) is 5.56 Å². The molecule has 0 aliphatic carbocycles. The minimum Gasteiger partial charge on any atom is -0.462 e. The minimum atomic E-state index is -0.971. The van der Waals surface area contributed by atoms with E-state index in [0.29, 0.717) is 0 Å². The van der Waals surface area contributed by atoms with E-state index in [1.807, 2.05) is 0 Å². The lowest BCUT2D eigenvalue weighted by Crippen LogP contribution is -1.97. The van der Waals surface area contributed by atoms with Gasteiger partial charge < -0.3 is 4.74 Å². The third kappa shape index (κ3) is 1.95. The van der Waals surface area contributed by atoms with Crippen LogP contribution in [0.3, 0.4) is 0 Å². The molecule has 0 N–H and O–H groups in total. The van der Waals surface area contributed by atoms with Gasteiger partial charge in [-0.05, 0) is 23.7 Å². The molecule has 0 aliphatic heterocycles. The first-order valence-corrected chi connectivity index (χ1v) is 3.61. The Balaban J connectivity index is 3.00. The van der Waals surface area contributed by atoms with Gasteiger partial charge in [0.25, 0.3) is 5.24 Å². The topological polar surface area (TPSA) is 26.3 Å². The highest BCUT2D eigenvalue weighted by molar-refractivity contribution is 6.68. The van der Waals surface area contributed by atoms with Crippen LogP contribution in [0.25, 0.3) is 0 Å². The number of benzene rings is 1. The lowest BCUT2D eigenvalue weighted by Gasteiger charge is -2.03. The van der Waals surface area contributed by atoms with E-state index < -0.39 is 12.1 Å². The average Bonchev–Trinajstić information content (AvgIpc) is 2.05. The van der Waals surface area contributed by atoms with Crippen LogP contribution in [0.15, 0.2) is 24.3 Å². The van der Waals surface area contributed by atoms with Crippen LogP contribution in [-0.4, -0.2) is 12.1 Å². The summed E-state index contributed by atoms with van der Waals surface area (Å²) in [5.74, 6) is 0.167. The molecule has 0 saturated carbocycles. The molecule has 0 amide bonds. The second-order valence-corrected chi connectivity index (χ2v) is 2.37. The smallest absolute Gasteiger partial charge is 0.256 e. The fourth-order valence-corrected chi connectivity index (χ4v) is 0.970. The van der Waals surface area contributed by atoms with Crippen LogP contribution in [0.4, 0.5) is 4.39 Å². The Bertz CT molecular complexity index is 288. The fraction of sp³-hybridized carbons (Fsp3) is 0.125. The lowest BCUT2D eigenvalue weighted by atomic mass is 10.2. The van der Waals surface area contributed by atoms with Gasteiger partial charge in [-0.3, -0.25) is 4.79 Å². The van der Waals surface area contributed by atoms with Gasteiger partial charge >= 0.3 is 0 Å². The number of alkyl halides is 1. The van der Waals surface area contributed by atoms with Crippen molar-refractivity contribution in [3.05, 3.63) is 29.8 Å². The molecular weight excluding hydrogens is 183 g/mol. The summed E-state index contributed by atoms with van der Waals surface area (Å²) in [6.45, 7) is -0.971. The summed E-state index contributed by atoms with van der Waals surface area (Å²) in [5, 5.41) is -0.654. The van der Waals surface area contributed by atoms with Crippen molar-refractivity contribution < 1.29 is 13.9 Å². The molecule has 0 unspecified atom stereocenters. The molecule has 1 aromatic rings. The Labute approximate surface area is 73.9 Å². The molecule has 0 spiro atoms. The van der Waals surface area contributed by atoms with Crippen LogP contribution >= 0.6 is 11.6 Å². The number of ether oxygens (including phenoxy) is 1. The van der Waals surface area contributed by atoms with Gasteiger partial charge in [0.15, 0.2) is 0 Å². The van der Waals surface area contributed by atoms with Crippen molar-refractivity contribution in [1.29, 1.82) is 0 Å². The molecule has 0 aromatic heterocycles. The quantitative estimate of drug-likeness (QED) is 0.681. The molecule has 12 heavy (non-hydrogen) atoms. The van der Waals surface area contributed by atoms with Gasteiger partial charge in [0.2, 0.25) is 6.86 Å². The summed E-state index contributed by atoms with van der Waals surface area (Å²) in [4.78, 5) is 10.7. The first kappa shape index (κ1) is 9.00. The summed E-state index contributed by atoms with van der Waals surface area (Å²) in [6, 6.07) is 6.21. The third-order valence-corrected chi connectivity index (χ3v) is 1.51. The average molecular weight is 189 g/mol. The van der Waals surface area contributed by atoms with Crippen LogP contribution in [0.1, 0.15) is 10.4 Å². The van der Waals surface area contributed by atoms with Crippen molar-refractivity contribution in [1.82, 2.24) is 0 Å². The molecule has 0 saturated heterocycles. The van der Waals surface area contributed by atoms with E-state index in [9.17, 15) is 9.18 Å². The number of halogens is 2. The van der Waals surface area contributed by atoms with Crippen LogP contribution in [0.5, 0.6) is 5.75 Å². The van der Waals surface area contributed by atoms with Crippen LogP contribution in [0, 0.1) is 0 Å². The first-order valence-electron chi connectivity index (χ1n) is 3.23. The Morgan fingerprint density at radius 3 is 2.75 bits per heavy atom.